The van der Waals surface area contributed by atoms with Gasteiger partial charge in [0.15, 0.2) is 5.65 Å². The van der Waals surface area contributed by atoms with Crippen LogP contribution in [0.3, 0.4) is 0 Å². The van der Waals surface area contributed by atoms with Crippen molar-refractivity contribution < 1.29 is 0 Å². The zero-order valence-corrected chi connectivity index (χ0v) is 26.0. The van der Waals surface area contributed by atoms with Crippen LogP contribution in [0.1, 0.15) is 22.7 Å². The first-order valence-electron chi connectivity index (χ1n) is 16.1. The summed E-state index contributed by atoms with van der Waals surface area (Å²) in [5, 5.41) is 0. The van der Waals surface area contributed by atoms with Crippen molar-refractivity contribution in [1.29, 1.82) is 0 Å². The Hall–Kier alpha value is -6.46. The fourth-order valence-electron chi connectivity index (χ4n) is 6.72. The summed E-state index contributed by atoms with van der Waals surface area (Å²) < 4.78 is 2.14. The van der Waals surface area contributed by atoms with Crippen LogP contribution in [-0.2, 0) is 0 Å². The quantitative estimate of drug-likeness (QED) is 0.187. The van der Waals surface area contributed by atoms with Crippen LogP contribution in [0.5, 0.6) is 0 Å². The minimum absolute atomic E-state index is 0.00170. The lowest BCUT2D eigenvalue weighted by Crippen LogP contribution is -2.12. The summed E-state index contributed by atoms with van der Waals surface area (Å²) >= 11 is 0. The first-order chi connectivity index (χ1) is 23.8. The lowest BCUT2D eigenvalue weighted by atomic mass is 9.87. The summed E-state index contributed by atoms with van der Waals surface area (Å²) in [5.74, 6) is 0.865. The molecule has 0 saturated carbocycles. The molecule has 0 bridgehead atoms. The van der Waals surface area contributed by atoms with Gasteiger partial charge in [0.2, 0.25) is 0 Å². The number of imidazole rings is 1. The molecule has 0 aliphatic carbocycles. The number of pyridine rings is 2. The molecule has 226 valence electrons. The van der Waals surface area contributed by atoms with Crippen LogP contribution in [0.15, 0.2) is 175 Å². The molecule has 1 aliphatic rings. The molecule has 1 unspecified atom stereocenters. The van der Waals surface area contributed by atoms with E-state index in [-0.39, 0.29) is 5.92 Å². The Balaban J connectivity index is 1.05. The number of hydrogen-bond acceptors (Lipinski definition) is 4. The Bertz CT molecular complexity index is 2440. The highest BCUT2D eigenvalue weighted by molar-refractivity contribution is 6.11. The van der Waals surface area contributed by atoms with E-state index < -0.39 is 0 Å². The minimum atomic E-state index is -0.00170. The summed E-state index contributed by atoms with van der Waals surface area (Å²) in [6.45, 7) is 0. The number of benzene rings is 5. The van der Waals surface area contributed by atoms with Crippen LogP contribution in [0, 0.1) is 0 Å². The summed E-state index contributed by atoms with van der Waals surface area (Å²) in [4.78, 5) is 19.5. The second kappa shape index (κ2) is 11.7. The van der Waals surface area contributed by atoms with Crippen LogP contribution in [0.25, 0.3) is 50.5 Å². The summed E-state index contributed by atoms with van der Waals surface area (Å²) in [6.07, 6.45) is 3.68. The van der Waals surface area contributed by atoms with Crippen molar-refractivity contribution in [1.82, 2.24) is 19.5 Å². The maximum absolute atomic E-state index is 5.08. The van der Waals surface area contributed by atoms with Crippen molar-refractivity contribution in [2.75, 3.05) is 0 Å². The number of nitrogens with zero attached hydrogens (tertiary/aromatic N) is 5. The highest BCUT2D eigenvalue weighted by atomic mass is 15.1. The predicted octanol–water partition coefficient (Wildman–Crippen LogP) is 10.1. The molecule has 4 heterocycles. The molecule has 48 heavy (non-hydrogen) atoms. The van der Waals surface area contributed by atoms with E-state index in [4.69, 9.17) is 15.0 Å². The third-order valence-electron chi connectivity index (χ3n) is 9.00. The molecule has 0 fully saturated rings. The van der Waals surface area contributed by atoms with Crippen LogP contribution in [0.2, 0.25) is 0 Å². The monoisotopic (exact) mass is 615 g/mol. The Labute approximate surface area is 278 Å². The Morgan fingerprint density at radius 2 is 1.10 bits per heavy atom. The lowest BCUT2D eigenvalue weighted by molar-refractivity contribution is 1.03. The molecule has 0 radical (unpaired) electrons. The maximum atomic E-state index is 5.08. The summed E-state index contributed by atoms with van der Waals surface area (Å²) in [5.41, 5.74) is 13.6. The van der Waals surface area contributed by atoms with Crippen LogP contribution in [0.4, 0.5) is 5.69 Å². The topological polar surface area (TPSA) is 56.0 Å². The lowest BCUT2D eigenvalue weighted by Gasteiger charge is -2.15. The van der Waals surface area contributed by atoms with Gasteiger partial charge in [0.25, 0.3) is 0 Å². The molecule has 0 saturated heterocycles. The number of aliphatic imine (C=N–C) groups is 1. The van der Waals surface area contributed by atoms with Gasteiger partial charge in [0.1, 0.15) is 11.3 Å². The first kappa shape index (κ1) is 27.8. The molecule has 3 aromatic heterocycles. The predicted molar refractivity (Wildman–Crippen MR) is 194 cm³/mol. The van der Waals surface area contributed by atoms with Crippen molar-refractivity contribution in [2.45, 2.75) is 5.92 Å². The van der Waals surface area contributed by atoms with Gasteiger partial charge in [-0.3, -0.25) is 9.55 Å². The summed E-state index contributed by atoms with van der Waals surface area (Å²) in [7, 11) is 0. The van der Waals surface area contributed by atoms with Crippen molar-refractivity contribution in [3.8, 4) is 39.3 Å². The number of para-hydroxylation sites is 1. The SMILES string of the molecule is c1ccc(C2C(c3cccc(-c4ccc(-c5cccc(-c6nc7cccnc7n6-c6ccccc6)c5)cc4)c3)=Nc3cccnc32)cc1. The second-order valence-electron chi connectivity index (χ2n) is 11.9. The standard InChI is InChI=1S/C43H29N5/c1-3-11-31(12-4-1)39-40(46-37-19-9-25-44-41(37)39)34-15-7-13-32(27-34)29-21-23-30(24-22-29)33-14-8-16-35(28-33)42-47-38-20-10-26-45-43(38)48(42)36-17-5-2-6-18-36/h1-28,39H. The third-order valence-corrected chi connectivity index (χ3v) is 9.00. The average Bonchev–Trinajstić information content (AvgIpc) is 3.75. The molecule has 0 amide bonds. The fraction of sp³-hybridized carbons (Fsp3) is 0.0233. The van der Waals surface area contributed by atoms with E-state index in [0.717, 1.165) is 73.1 Å². The average molecular weight is 616 g/mol. The molecule has 5 heteroatoms. The molecule has 8 aromatic rings. The van der Waals surface area contributed by atoms with Crippen molar-refractivity contribution in [2.24, 2.45) is 4.99 Å². The van der Waals surface area contributed by atoms with Crippen molar-refractivity contribution >= 4 is 22.6 Å². The van der Waals surface area contributed by atoms with Crippen LogP contribution >= 0.6 is 0 Å². The van der Waals surface area contributed by atoms with Crippen LogP contribution in [-0.4, -0.2) is 25.2 Å². The fourth-order valence-corrected chi connectivity index (χ4v) is 6.72. The number of hydrogen-bond donors (Lipinski definition) is 0. The van der Waals surface area contributed by atoms with E-state index in [1.165, 1.54) is 5.56 Å². The highest BCUT2D eigenvalue weighted by Crippen LogP contribution is 2.41. The number of rotatable bonds is 6. The summed E-state index contributed by atoms with van der Waals surface area (Å²) in [6, 6.07) is 54.9. The van der Waals surface area contributed by atoms with E-state index in [9.17, 15) is 0 Å². The Kier molecular flexibility index (Phi) is 6.79. The zero-order valence-electron chi connectivity index (χ0n) is 26.0. The molecule has 0 spiro atoms. The van der Waals surface area contributed by atoms with Crippen molar-refractivity contribution in [3.05, 3.63) is 187 Å². The van der Waals surface area contributed by atoms with E-state index >= 15 is 0 Å². The normalized spacial score (nSPS) is 13.8. The Morgan fingerprint density at radius 1 is 0.479 bits per heavy atom. The van der Waals surface area contributed by atoms with Gasteiger partial charge >= 0.3 is 0 Å². The van der Waals surface area contributed by atoms with Gasteiger partial charge in [-0.2, -0.15) is 0 Å². The van der Waals surface area contributed by atoms with E-state index in [1.807, 2.05) is 54.9 Å². The van der Waals surface area contributed by atoms with Gasteiger partial charge in [-0.25, -0.2) is 15.0 Å². The molecule has 5 nitrogen and oxygen atoms in total. The van der Waals surface area contributed by atoms with Gasteiger partial charge in [0, 0.05) is 23.6 Å². The van der Waals surface area contributed by atoms with E-state index in [0.29, 0.717) is 0 Å². The van der Waals surface area contributed by atoms with Gasteiger partial charge in [-0.15, -0.1) is 0 Å². The molecule has 0 N–H and O–H groups in total. The van der Waals surface area contributed by atoms with E-state index in [1.54, 1.807) is 0 Å². The molecule has 1 aliphatic heterocycles. The molecule has 5 aromatic carbocycles. The zero-order chi connectivity index (χ0) is 31.9. The van der Waals surface area contributed by atoms with Crippen LogP contribution < -0.4 is 0 Å². The molecule has 9 rings (SSSR count). The second-order valence-corrected chi connectivity index (χ2v) is 11.9. The number of aromatic nitrogens is 4. The molecular weight excluding hydrogens is 587 g/mol. The highest BCUT2D eigenvalue weighted by Gasteiger charge is 2.31. The van der Waals surface area contributed by atoms with Gasteiger partial charge in [0.05, 0.1) is 23.0 Å². The molecule has 1 atom stereocenters. The first-order valence-corrected chi connectivity index (χ1v) is 16.1. The van der Waals surface area contributed by atoms with E-state index in [2.05, 4.69) is 125 Å². The van der Waals surface area contributed by atoms with Gasteiger partial charge in [-0.1, -0.05) is 109 Å². The third kappa shape index (κ3) is 4.89. The molecular formula is C43H29N5. The maximum Gasteiger partial charge on any atom is 0.164 e. The number of fused-ring (bicyclic) bond motifs is 2. The smallest absolute Gasteiger partial charge is 0.164 e. The van der Waals surface area contributed by atoms with Crippen molar-refractivity contribution in [3.63, 3.8) is 0 Å². The largest absolute Gasteiger partial charge is 0.277 e. The van der Waals surface area contributed by atoms with Gasteiger partial charge in [-0.05, 0) is 81.9 Å². The van der Waals surface area contributed by atoms with Gasteiger partial charge < -0.3 is 0 Å². The Morgan fingerprint density at radius 3 is 1.85 bits per heavy atom. The minimum Gasteiger partial charge on any atom is -0.277 e.